The molecule has 0 bridgehead atoms. The molecule has 9 aromatic rings. The standard InChI is InChI=1S/C23H40N6O3Si.C22H38N6O3Si.C20H23Cl2N7O.C12H18N6/c1-23(2,3)32-22(30)28-11-9-8-10-18(15-28)27(4)20-19-14-26-29(21(19)25-16-24-20)17-31-12-13-33(5,6)7;1-22(2,3)31-21(29)27-10-8-7-9-17(14-27)26-19-18-13-25-28(20(18)24-15-23-19)16-30-11-12-32(4,5)6;1-28(20-17-9-26-27-19(17)24-12-25-20)16-4-2-3-5-29(11-16)18(30)10-23-15-7-13(21)6-14(22)8-15;1-18(9-4-2-3-5-13-6-9)12-10-7-16-17-11(10)14-8-15-12/h14,16,18H,8-13,15,17H2,1-7H3;13,15,17H,7-12,14,16H2,1-6H3,(H,23,24,26);6-9,12,16,23H,2-5,10-11H2,1H3,(H,24,25,26,27);7-9,13H,2-6H2,1H3,(H,14,15,16,17). The lowest BCUT2D eigenvalue weighted by Gasteiger charge is -2.33. The first-order valence-corrected chi connectivity index (χ1v) is 47.9. The Labute approximate surface area is 675 Å². The van der Waals surface area contributed by atoms with Crippen molar-refractivity contribution < 1.29 is 33.3 Å². The third-order valence-corrected chi connectivity index (χ3v) is 24.0. The highest BCUT2D eigenvalue weighted by molar-refractivity contribution is 6.76. The first-order chi connectivity index (χ1) is 53.8. The van der Waals surface area contributed by atoms with Crippen molar-refractivity contribution in [1.82, 2.24) is 99.8 Å². The minimum atomic E-state index is -1.13. The van der Waals surface area contributed by atoms with Gasteiger partial charge in [-0.05, 0) is 149 Å². The van der Waals surface area contributed by atoms with Crippen LogP contribution in [-0.2, 0) is 37.2 Å². The van der Waals surface area contributed by atoms with Crippen LogP contribution in [0.3, 0.4) is 0 Å². The number of anilines is 5. The summed E-state index contributed by atoms with van der Waals surface area (Å²) in [5, 5.41) is 37.7. The summed E-state index contributed by atoms with van der Waals surface area (Å²) in [7, 11) is 3.89. The summed E-state index contributed by atoms with van der Waals surface area (Å²) in [5.74, 6) is 3.38. The molecule has 13 rings (SSSR count). The normalized spacial score (nSPS) is 18.1. The van der Waals surface area contributed by atoms with Gasteiger partial charge < -0.3 is 64.3 Å². The molecule has 0 spiro atoms. The minimum absolute atomic E-state index is 0.0440. The molecule has 32 nitrogen and oxygen atoms in total. The topological polar surface area (TPSA) is 340 Å². The Balaban J connectivity index is 0.000000163. The largest absolute Gasteiger partial charge is 0.444 e. The second kappa shape index (κ2) is 40.1. The predicted molar refractivity (Wildman–Crippen MR) is 452 cm³/mol. The Morgan fingerprint density at radius 2 is 0.982 bits per heavy atom. The summed E-state index contributed by atoms with van der Waals surface area (Å²) < 4.78 is 26.5. The summed E-state index contributed by atoms with van der Waals surface area (Å²) >= 11 is 12.1. The van der Waals surface area contributed by atoms with Crippen molar-refractivity contribution in [2.75, 3.05) is 119 Å². The number of hydrogen-bond donors (Lipinski definition) is 5. The molecule has 0 radical (unpaired) electrons. The number of likely N-dealkylation sites (tertiary alicyclic amines) is 3. The molecule has 0 saturated carbocycles. The number of ether oxygens (including phenoxy) is 4. The van der Waals surface area contributed by atoms with E-state index in [0.29, 0.717) is 67.9 Å². The fourth-order valence-corrected chi connectivity index (χ4v) is 15.9. The minimum Gasteiger partial charge on any atom is -0.444 e. The van der Waals surface area contributed by atoms with E-state index in [1.165, 1.54) is 25.6 Å². The molecule has 4 unspecified atom stereocenters. The van der Waals surface area contributed by atoms with E-state index in [4.69, 9.17) is 42.1 Å². The summed E-state index contributed by atoms with van der Waals surface area (Å²) in [6.07, 6.45) is 25.6. The highest BCUT2D eigenvalue weighted by Gasteiger charge is 2.33. The molecule has 0 aliphatic carbocycles. The highest BCUT2D eigenvalue weighted by atomic mass is 35.5. The molecule has 113 heavy (non-hydrogen) atoms. The van der Waals surface area contributed by atoms with Crippen molar-refractivity contribution in [3.05, 3.63) is 78.3 Å². The van der Waals surface area contributed by atoms with E-state index in [0.717, 1.165) is 170 Å². The fraction of sp³-hybridized carbons (Fsp3) is 0.623. The van der Waals surface area contributed by atoms with E-state index in [9.17, 15) is 14.4 Å². The average Bonchev–Trinajstić information content (AvgIpc) is 1.69. The van der Waals surface area contributed by atoms with Gasteiger partial charge in [0.15, 0.2) is 22.6 Å². The Morgan fingerprint density at radius 1 is 0.531 bits per heavy atom. The number of hydrogen-bond acceptors (Lipinski definition) is 25. The number of likely N-dealkylation sites (N-methyl/N-ethyl adjacent to an activating group) is 3. The second-order valence-electron chi connectivity index (χ2n) is 34.1. The highest BCUT2D eigenvalue weighted by Crippen LogP contribution is 2.31. The van der Waals surface area contributed by atoms with Gasteiger partial charge in [-0.3, -0.25) is 15.0 Å². The van der Waals surface area contributed by atoms with Crippen molar-refractivity contribution in [3.8, 4) is 0 Å². The Bertz CT molecular complexity index is 4490. The molecule has 5 N–H and O–H groups in total. The van der Waals surface area contributed by atoms with Gasteiger partial charge in [0.05, 0.1) is 52.9 Å². The van der Waals surface area contributed by atoms with Gasteiger partial charge in [0, 0.05) is 136 Å². The number of amides is 3. The van der Waals surface area contributed by atoms with E-state index >= 15 is 0 Å². The first kappa shape index (κ1) is 86.7. The lowest BCUT2D eigenvalue weighted by atomic mass is 10.1. The number of fused-ring (bicyclic) bond motifs is 4. The van der Waals surface area contributed by atoms with Crippen molar-refractivity contribution in [3.63, 3.8) is 0 Å². The Morgan fingerprint density at radius 3 is 1.52 bits per heavy atom. The van der Waals surface area contributed by atoms with Crippen LogP contribution in [0.5, 0.6) is 0 Å². The average molecular weight is 1630 g/mol. The first-order valence-electron chi connectivity index (χ1n) is 39.7. The fourth-order valence-electron chi connectivity index (χ4n) is 13.8. The lowest BCUT2D eigenvalue weighted by molar-refractivity contribution is -0.129. The number of aromatic amines is 2. The second-order valence-corrected chi connectivity index (χ2v) is 46.2. The molecule has 4 atom stereocenters. The number of aromatic nitrogens is 16. The van der Waals surface area contributed by atoms with Crippen LogP contribution in [0.15, 0.2) is 68.3 Å². The van der Waals surface area contributed by atoms with Gasteiger partial charge in [-0.25, -0.2) is 58.8 Å². The van der Waals surface area contributed by atoms with Gasteiger partial charge >= 0.3 is 12.2 Å². The molecule has 616 valence electrons. The molecule has 8 aromatic heterocycles. The van der Waals surface area contributed by atoms with Gasteiger partial charge in [-0.15, -0.1) is 0 Å². The molecular formula is C77H119Cl2N25O7Si2. The van der Waals surface area contributed by atoms with Gasteiger partial charge in [0.1, 0.15) is 73.2 Å². The van der Waals surface area contributed by atoms with E-state index in [2.05, 4.69) is 147 Å². The Hall–Kier alpha value is -8.68. The van der Waals surface area contributed by atoms with Gasteiger partial charge in [-0.1, -0.05) is 68.9 Å². The van der Waals surface area contributed by atoms with Crippen molar-refractivity contribution in [1.29, 1.82) is 0 Å². The summed E-state index contributed by atoms with van der Waals surface area (Å²) in [6, 6.07) is 8.26. The maximum atomic E-state index is 12.9. The predicted octanol–water partition coefficient (Wildman–Crippen LogP) is 13.2. The van der Waals surface area contributed by atoms with Crippen LogP contribution in [0, 0.1) is 0 Å². The van der Waals surface area contributed by atoms with Crippen molar-refractivity contribution in [2.45, 2.75) is 219 Å². The zero-order chi connectivity index (χ0) is 81.0. The van der Waals surface area contributed by atoms with E-state index in [1.54, 1.807) is 70.0 Å². The number of carbonyl (C=O) groups is 3. The Kier molecular flexibility index (Phi) is 30.7. The summed E-state index contributed by atoms with van der Waals surface area (Å²) in [6.45, 7) is 33.9. The summed E-state index contributed by atoms with van der Waals surface area (Å²) in [4.78, 5) is 85.5. The van der Waals surface area contributed by atoms with Gasteiger partial charge in [0.2, 0.25) is 5.91 Å². The number of nitrogens with one attached hydrogen (secondary N) is 5. The van der Waals surface area contributed by atoms with E-state index in [-0.39, 0.29) is 42.8 Å². The smallest absolute Gasteiger partial charge is 0.410 e. The molecule has 4 fully saturated rings. The van der Waals surface area contributed by atoms with Crippen LogP contribution in [0.2, 0.25) is 61.4 Å². The van der Waals surface area contributed by atoms with E-state index < -0.39 is 27.3 Å². The van der Waals surface area contributed by atoms with Crippen LogP contribution >= 0.6 is 23.2 Å². The lowest BCUT2D eigenvalue weighted by Crippen LogP contribution is -2.45. The zero-order valence-electron chi connectivity index (χ0n) is 68.8. The maximum absolute atomic E-state index is 12.9. The number of carbonyl (C=O) groups excluding carboxylic acids is 3. The molecule has 4 aliphatic heterocycles. The van der Waals surface area contributed by atoms with Crippen LogP contribution in [0.25, 0.3) is 44.1 Å². The van der Waals surface area contributed by atoms with Crippen LogP contribution < -0.4 is 30.7 Å². The third kappa shape index (κ3) is 25.9. The van der Waals surface area contributed by atoms with Crippen molar-refractivity contribution >= 4 is 131 Å². The molecular weight excluding hydrogens is 1510 g/mol. The molecule has 12 heterocycles. The van der Waals surface area contributed by atoms with Crippen LogP contribution in [0.1, 0.15) is 119 Å². The molecule has 1 aromatic carbocycles. The zero-order valence-corrected chi connectivity index (χ0v) is 72.3. The maximum Gasteiger partial charge on any atom is 0.410 e. The summed E-state index contributed by atoms with van der Waals surface area (Å²) in [5.41, 5.74) is 2.73. The SMILES string of the molecule is CC(C)(C)OC(=O)N1CCCCC(Nc2ncnc3c2cnn3COCC[Si](C)(C)C)C1.CN(c1ncnc2[nH]ncc12)C1CCCCN(C(=O)CNc2cc(Cl)cc(Cl)c2)C1.CN(c1ncnc2[nH]ncc12)C1CCCCNC1.CN(c1ncnc2c1cnn2COCC[Si](C)(C)C)C1CCCCN(C(=O)OC(C)(C)C)C1. The third-order valence-electron chi connectivity index (χ3n) is 20.2. The van der Waals surface area contributed by atoms with Gasteiger partial charge in [-0.2, -0.15) is 20.4 Å². The van der Waals surface area contributed by atoms with Gasteiger partial charge in [0.25, 0.3) is 0 Å². The molecule has 36 heteroatoms. The van der Waals surface area contributed by atoms with Crippen LogP contribution in [0.4, 0.5) is 38.5 Å². The molecule has 3 amide bonds. The molecule has 4 aliphatic rings. The monoisotopic (exact) mass is 1630 g/mol. The quantitative estimate of drug-likeness (QED) is 0.0329. The number of halogens is 2. The van der Waals surface area contributed by atoms with Crippen LogP contribution in [-0.4, -0.2) is 257 Å². The number of rotatable bonds is 21. The number of H-pyrrole nitrogens is 2. The van der Waals surface area contributed by atoms with Crippen molar-refractivity contribution in [2.24, 2.45) is 0 Å². The van der Waals surface area contributed by atoms with E-state index in [1.807, 2.05) is 71.6 Å². The molecule has 4 saturated heterocycles. The number of nitrogens with zero attached hydrogens (tertiary/aromatic N) is 20. The number of benzene rings is 1.